The number of hydrogen-bond donors (Lipinski definition) is 1. The van der Waals surface area contributed by atoms with Gasteiger partial charge in [-0.3, -0.25) is 9.78 Å². The van der Waals surface area contributed by atoms with Crippen molar-refractivity contribution in [3.8, 4) is 5.75 Å². The van der Waals surface area contributed by atoms with Crippen molar-refractivity contribution in [1.29, 1.82) is 0 Å². The number of hydrogen-bond acceptors (Lipinski definition) is 4. The highest BCUT2D eigenvalue weighted by atomic mass is 16.5. The van der Waals surface area contributed by atoms with Gasteiger partial charge >= 0.3 is 0 Å². The molecule has 2 rings (SSSR count). The summed E-state index contributed by atoms with van der Waals surface area (Å²) in [7, 11) is 0. The molecule has 1 aliphatic carbocycles. The van der Waals surface area contributed by atoms with Crippen LogP contribution in [0.5, 0.6) is 5.75 Å². The molecule has 104 valence electrons. The lowest BCUT2D eigenvalue weighted by atomic mass is 10.1. The highest BCUT2D eigenvalue weighted by Crippen LogP contribution is 2.17. The average molecular weight is 262 g/mol. The number of carbonyl (C=O) groups is 1. The van der Waals surface area contributed by atoms with Crippen molar-refractivity contribution in [2.24, 2.45) is 0 Å². The summed E-state index contributed by atoms with van der Waals surface area (Å²) in [6.07, 6.45) is 9.12. The van der Waals surface area contributed by atoms with Crippen molar-refractivity contribution in [3.05, 3.63) is 24.0 Å². The van der Waals surface area contributed by atoms with Gasteiger partial charge in [0.05, 0.1) is 19.3 Å². The topological polar surface area (TPSA) is 51.2 Å². The van der Waals surface area contributed by atoms with Crippen molar-refractivity contribution >= 4 is 5.78 Å². The maximum Gasteiger partial charge on any atom is 0.178 e. The van der Waals surface area contributed by atoms with Gasteiger partial charge in [0.25, 0.3) is 0 Å². The second-order valence-corrected chi connectivity index (χ2v) is 5.04. The van der Waals surface area contributed by atoms with Crippen LogP contribution in [0.1, 0.15) is 49.4 Å². The summed E-state index contributed by atoms with van der Waals surface area (Å²) >= 11 is 0. The summed E-state index contributed by atoms with van der Waals surface area (Å²) in [6.45, 7) is 3.09. The van der Waals surface area contributed by atoms with Gasteiger partial charge < -0.3 is 10.1 Å². The number of ether oxygens (including phenoxy) is 1. The normalized spacial score (nSPS) is 15.6. The average Bonchev–Trinajstić information content (AvgIpc) is 2.96. The van der Waals surface area contributed by atoms with Crippen LogP contribution in [0.25, 0.3) is 0 Å². The Kier molecular flexibility index (Phi) is 5.33. The first-order valence-electron chi connectivity index (χ1n) is 7.14. The first-order valence-corrected chi connectivity index (χ1v) is 7.14. The van der Waals surface area contributed by atoms with E-state index >= 15 is 0 Å². The lowest BCUT2D eigenvalue weighted by Gasteiger charge is -2.11. The van der Waals surface area contributed by atoms with Gasteiger partial charge in [0, 0.05) is 17.8 Å². The monoisotopic (exact) mass is 262 g/mol. The van der Waals surface area contributed by atoms with Gasteiger partial charge in [0.2, 0.25) is 0 Å². The maximum absolute atomic E-state index is 12.1. The van der Waals surface area contributed by atoms with Gasteiger partial charge in [-0.2, -0.15) is 0 Å². The molecule has 19 heavy (non-hydrogen) atoms. The Hall–Kier alpha value is -1.42. The number of rotatable bonds is 7. The molecule has 0 bridgehead atoms. The first-order chi connectivity index (χ1) is 9.29. The van der Waals surface area contributed by atoms with Crippen molar-refractivity contribution < 1.29 is 9.53 Å². The Balaban J connectivity index is 1.86. The molecule has 0 radical (unpaired) electrons. The van der Waals surface area contributed by atoms with E-state index < -0.39 is 0 Å². The van der Waals surface area contributed by atoms with E-state index in [2.05, 4.69) is 10.3 Å². The van der Waals surface area contributed by atoms with E-state index in [0.717, 1.165) is 6.42 Å². The third-order valence-electron chi connectivity index (χ3n) is 3.41. The SMILES string of the molecule is CCCOc1cncc(C(=O)CNC2CCCC2)c1. The number of nitrogens with zero attached hydrogens (tertiary/aromatic N) is 1. The molecule has 1 heterocycles. The molecule has 0 atom stereocenters. The Bertz CT molecular complexity index is 414. The van der Waals surface area contributed by atoms with Crippen LogP contribution in [0.3, 0.4) is 0 Å². The predicted octanol–water partition coefficient (Wildman–Crippen LogP) is 2.59. The van der Waals surface area contributed by atoms with Crippen molar-refractivity contribution in [2.75, 3.05) is 13.2 Å². The molecule has 4 heteroatoms. The van der Waals surface area contributed by atoms with E-state index in [9.17, 15) is 4.79 Å². The standard InChI is InChI=1S/C15H22N2O2/c1-2-7-19-14-8-12(9-16-10-14)15(18)11-17-13-5-3-4-6-13/h8-10,13,17H,2-7,11H2,1H3. The zero-order valence-electron chi connectivity index (χ0n) is 11.5. The van der Waals surface area contributed by atoms with Gasteiger partial charge in [-0.15, -0.1) is 0 Å². The van der Waals surface area contributed by atoms with E-state index in [-0.39, 0.29) is 5.78 Å². The molecule has 1 saturated carbocycles. The van der Waals surface area contributed by atoms with Crippen molar-refractivity contribution in [2.45, 2.75) is 45.1 Å². The van der Waals surface area contributed by atoms with Crippen LogP contribution in [-0.2, 0) is 0 Å². The van der Waals surface area contributed by atoms with Gasteiger partial charge in [0.1, 0.15) is 5.75 Å². The number of aromatic nitrogens is 1. The highest BCUT2D eigenvalue weighted by molar-refractivity contribution is 5.97. The van der Waals surface area contributed by atoms with Crippen molar-refractivity contribution in [1.82, 2.24) is 10.3 Å². The maximum atomic E-state index is 12.1. The van der Waals surface area contributed by atoms with E-state index in [0.29, 0.717) is 30.5 Å². The Labute approximate surface area is 114 Å². The molecule has 0 spiro atoms. The third-order valence-corrected chi connectivity index (χ3v) is 3.41. The molecule has 0 amide bonds. The van der Waals surface area contributed by atoms with Gasteiger partial charge in [-0.05, 0) is 25.3 Å². The first kappa shape index (κ1) is 14.0. The fourth-order valence-electron chi connectivity index (χ4n) is 2.34. The van der Waals surface area contributed by atoms with Crippen LogP contribution in [0.2, 0.25) is 0 Å². The molecule has 0 aliphatic heterocycles. The number of ketones is 1. The molecule has 0 unspecified atom stereocenters. The summed E-state index contributed by atoms with van der Waals surface area (Å²) in [5.74, 6) is 0.759. The Morgan fingerprint density at radius 3 is 2.95 bits per heavy atom. The number of carbonyl (C=O) groups excluding carboxylic acids is 1. The summed E-state index contributed by atoms with van der Waals surface area (Å²) < 4.78 is 5.49. The van der Waals surface area contributed by atoms with E-state index in [4.69, 9.17) is 4.74 Å². The smallest absolute Gasteiger partial charge is 0.178 e. The molecule has 4 nitrogen and oxygen atoms in total. The van der Waals surface area contributed by atoms with Crippen LogP contribution in [0.15, 0.2) is 18.5 Å². The fourth-order valence-corrected chi connectivity index (χ4v) is 2.34. The summed E-state index contributed by atoms with van der Waals surface area (Å²) in [5, 5.41) is 3.32. The summed E-state index contributed by atoms with van der Waals surface area (Å²) in [6, 6.07) is 2.29. The molecule has 0 saturated heterocycles. The molecule has 1 N–H and O–H groups in total. The van der Waals surface area contributed by atoms with Gasteiger partial charge in [0.15, 0.2) is 5.78 Å². The minimum atomic E-state index is 0.0846. The molecule has 1 fully saturated rings. The highest BCUT2D eigenvalue weighted by Gasteiger charge is 2.16. The largest absolute Gasteiger partial charge is 0.492 e. The van der Waals surface area contributed by atoms with Crippen LogP contribution in [0, 0.1) is 0 Å². The molecule has 1 aliphatic rings. The number of nitrogens with one attached hydrogen (secondary N) is 1. The Morgan fingerprint density at radius 2 is 2.21 bits per heavy atom. The summed E-state index contributed by atoms with van der Waals surface area (Å²) in [5.41, 5.74) is 0.624. The molecule has 1 aromatic heterocycles. The van der Waals surface area contributed by atoms with E-state index in [1.807, 2.05) is 6.92 Å². The zero-order chi connectivity index (χ0) is 13.5. The van der Waals surface area contributed by atoms with E-state index in [1.165, 1.54) is 25.7 Å². The number of Topliss-reactive ketones (excluding diaryl/α,β-unsaturated/α-hetero) is 1. The summed E-state index contributed by atoms with van der Waals surface area (Å²) in [4.78, 5) is 16.1. The zero-order valence-corrected chi connectivity index (χ0v) is 11.5. The predicted molar refractivity (Wildman–Crippen MR) is 74.6 cm³/mol. The van der Waals surface area contributed by atoms with Crippen LogP contribution < -0.4 is 10.1 Å². The quantitative estimate of drug-likeness (QED) is 0.767. The lowest BCUT2D eigenvalue weighted by molar-refractivity contribution is 0.0986. The van der Waals surface area contributed by atoms with Crippen molar-refractivity contribution in [3.63, 3.8) is 0 Å². The molecule has 0 aromatic carbocycles. The molecular weight excluding hydrogens is 240 g/mol. The van der Waals surface area contributed by atoms with Gasteiger partial charge in [-0.25, -0.2) is 0 Å². The Morgan fingerprint density at radius 1 is 1.42 bits per heavy atom. The second kappa shape index (κ2) is 7.24. The minimum absolute atomic E-state index is 0.0846. The minimum Gasteiger partial charge on any atom is -0.492 e. The third kappa shape index (κ3) is 4.31. The van der Waals surface area contributed by atoms with Gasteiger partial charge in [-0.1, -0.05) is 19.8 Å². The number of pyridine rings is 1. The lowest BCUT2D eigenvalue weighted by Crippen LogP contribution is -2.31. The molecule has 1 aromatic rings. The molecular formula is C15H22N2O2. The van der Waals surface area contributed by atoms with Crippen LogP contribution in [-0.4, -0.2) is 30.0 Å². The van der Waals surface area contributed by atoms with Crippen LogP contribution in [0.4, 0.5) is 0 Å². The second-order valence-electron chi connectivity index (χ2n) is 5.04. The van der Waals surface area contributed by atoms with E-state index in [1.54, 1.807) is 18.5 Å². The van der Waals surface area contributed by atoms with Crippen LogP contribution >= 0.6 is 0 Å². The fraction of sp³-hybridized carbons (Fsp3) is 0.600.